The Kier molecular flexibility index (Phi) is 5.00. The molecule has 0 aliphatic heterocycles. The zero-order chi connectivity index (χ0) is 16.2. The largest absolute Gasteiger partial charge is 0.0616 e. The molecule has 0 nitrogen and oxygen atoms in total. The Balaban J connectivity index is 2.15. The molecule has 2 aromatic rings. The molecule has 1 aliphatic carbocycles. The van der Waals surface area contributed by atoms with Gasteiger partial charge in [0.15, 0.2) is 0 Å². The first-order chi connectivity index (χ1) is 11.2. The lowest BCUT2D eigenvalue weighted by atomic mass is 9.84. The molecule has 0 unspecified atom stereocenters. The van der Waals surface area contributed by atoms with Gasteiger partial charge in [0.05, 0.1) is 0 Å². The fourth-order valence-electron chi connectivity index (χ4n) is 3.92. The Hall–Kier alpha value is -1.82. The molecule has 120 valence electrons. The molecular weight excluding hydrogens is 276 g/mol. The van der Waals surface area contributed by atoms with Gasteiger partial charge >= 0.3 is 0 Å². The Morgan fingerprint density at radius 2 is 1.22 bits per heavy atom. The highest BCUT2D eigenvalue weighted by molar-refractivity contribution is 5.82. The summed E-state index contributed by atoms with van der Waals surface area (Å²) in [5.74, 6) is 0.776. The molecule has 1 fully saturated rings. The Labute approximate surface area is 141 Å². The average Bonchev–Trinajstić information content (AvgIpc) is 3.09. The molecule has 1 aliphatic rings. The van der Waals surface area contributed by atoms with Crippen molar-refractivity contribution in [1.82, 2.24) is 0 Å². The predicted octanol–water partition coefficient (Wildman–Crippen LogP) is 6.71. The number of rotatable bonds is 4. The van der Waals surface area contributed by atoms with E-state index in [1.54, 1.807) is 5.57 Å². The van der Waals surface area contributed by atoms with Crippen LogP contribution in [-0.4, -0.2) is 0 Å². The second-order valence-electron chi connectivity index (χ2n) is 6.97. The van der Waals surface area contributed by atoms with Crippen LogP contribution in [0.1, 0.15) is 61.3 Å². The quantitative estimate of drug-likeness (QED) is 0.589. The van der Waals surface area contributed by atoms with Crippen LogP contribution in [0.5, 0.6) is 0 Å². The molecule has 0 N–H and O–H groups in total. The first-order valence-electron chi connectivity index (χ1n) is 9.06. The molecular formula is C23H28. The van der Waals surface area contributed by atoms with Crippen molar-refractivity contribution in [2.75, 3.05) is 0 Å². The molecule has 0 bridgehead atoms. The smallest absolute Gasteiger partial charge is 0.0117 e. The number of hydrogen-bond donors (Lipinski definition) is 0. The minimum absolute atomic E-state index is 0.776. The van der Waals surface area contributed by atoms with E-state index in [1.165, 1.54) is 53.5 Å². The molecule has 1 saturated carbocycles. The van der Waals surface area contributed by atoms with Gasteiger partial charge in [0, 0.05) is 0 Å². The molecule has 0 heteroatoms. The van der Waals surface area contributed by atoms with E-state index in [9.17, 15) is 0 Å². The zero-order valence-corrected chi connectivity index (χ0v) is 14.7. The minimum Gasteiger partial charge on any atom is -0.0616 e. The highest BCUT2D eigenvalue weighted by Crippen LogP contribution is 2.39. The van der Waals surface area contributed by atoms with E-state index in [2.05, 4.69) is 69.3 Å². The molecule has 0 aromatic heterocycles. The van der Waals surface area contributed by atoms with Gasteiger partial charge in [-0.3, -0.25) is 0 Å². The average molecular weight is 304 g/mol. The lowest BCUT2D eigenvalue weighted by molar-refractivity contribution is 0.623. The molecule has 0 spiro atoms. The van der Waals surface area contributed by atoms with Crippen LogP contribution in [0.25, 0.3) is 5.57 Å². The van der Waals surface area contributed by atoms with Crippen molar-refractivity contribution in [2.24, 2.45) is 5.92 Å². The summed E-state index contributed by atoms with van der Waals surface area (Å²) in [4.78, 5) is 0. The maximum atomic E-state index is 2.33. The number of benzene rings is 2. The third kappa shape index (κ3) is 3.58. The van der Waals surface area contributed by atoms with Gasteiger partial charge in [-0.15, -0.1) is 0 Å². The van der Waals surface area contributed by atoms with Crippen LogP contribution in [0, 0.1) is 19.8 Å². The molecule has 0 heterocycles. The van der Waals surface area contributed by atoms with Crippen LogP contribution in [-0.2, 0) is 0 Å². The van der Waals surface area contributed by atoms with E-state index in [-0.39, 0.29) is 0 Å². The lowest BCUT2D eigenvalue weighted by Crippen LogP contribution is -2.04. The van der Waals surface area contributed by atoms with Crippen LogP contribution in [0.15, 0.2) is 54.1 Å². The summed E-state index contributed by atoms with van der Waals surface area (Å²) in [5, 5.41) is 0. The van der Waals surface area contributed by atoms with Crippen molar-refractivity contribution in [3.8, 4) is 0 Å². The highest BCUT2D eigenvalue weighted by Gasteiger charge is 2.22. The Morgan fingerprint density at radius 1 is 0.783 bits per heavy atom. The van der Waals surface area contributed by atoms with Crippen LogP contribution in [0.4, 0.5) is 0 Å². The minimum atomic E-state index is 0.776. The van der Waals surface area contributed by atoms with Gasteiger partial charge in [0.2, 0.25) is 0 Å². The van der Waals surface area contributed by atoms with Gasteiger partial charge in [-0.05, 0) is 55.7 Å². The van der Waals surface area contributed by atoms with Gasteiger partial charge in [-0.1, -0.05) is 85.0 Å². The molecule has 0 atom stereocenters. The zero-order valence-electron chi connectivity index (χ0n) is 14.7. The summed E-state index contributed by atoms with van der Waals surface area (Å²) in [6, 6.07) is 18.2. The molecule has 3 rings (SSSR count). The van der Waals surface area contributed by atoms with Crippen molar-refractivity contribution in [3.05, 3.63) is 76.4 Å². The summed E-state index contributed by atoms with van der Waals surface area (Å²) in [5.41, 5.74) is 8.56. The van der Waals surface area contributed by atoms with Crippen LogP contribution in [0.2, 0.25) is 0 Å². The number of allylic oxidation sites excluding steroid dienone is 1. The van der Waals surface area contributed by atoms with Gasteiger partial charge < -0.3 is 0 Å². The Morgan fingerprint density at radius 3 is 1.61 bits per heavy atom. The van der Waals surface area contributed by atoms with Gasteiger partial charge in [0.1, 0.15) is 0 Å². The molecule has 2 aromatic carbocycles. The van der Waals surface area contributed by atoms with E-state index >= 15 is 0 Å². The summed E-state index contributed by atoms with van der Waals surface area (Å²) >= 11 is 0. The fourth-order valence-corrected chi connectivity index (χ4v) is 3.92. The third-order valence-corrected chi connectivity index (χ3v) is 5.23. The van der Waals surface area contributed by atoms with Crippen molar-refractivity contribution >= 4 is 5.57 Å². The van der Waals surface area contributed by atoms with Crippen molar-refractivity contribution in [2.45, 2.75) is 52.9 Å². The van der Waals surface area contributed by atoms with Crippen molar-refractivity contribution in [1.29, 1.82) is 0 Å². The van der Waals surface area contributed by atoms with Crippen LogP contribution < -0.4 is 0 Å². The first kappa shape index (κ1) is 16.1. The molecule has 0 saturated heterocycles. The number of hydrogen-bond acceptors (Lipinski definition) is 0. The van der Waals surface area contributed by atoms with Gasteiger partial charge in [-0.2, -0.15) is 0 Å². The summed E-state index contributed by atoms with van der Waals surface area (Å²) in [7, 11) is 0. The maximum Gasteiger partial charge on any atom is -0.0117 e. The van der Waals surface area contributed by atoms with E-state index in [1.807, 2.05) is 0 Å². The van der Waals surface area contributed by atoms with Crippen molar-refractivity contribution in [3.63, 3.8) is 0 Å². The SMILES string of the molecule is CCC(=C(c1ccc(C)cc1)c1ccc(C)cc1)C1CCCC1. The molecule has 23 heavy (non-hydrogen) atoms. The van der Waals surface area contributed by atoms with Gasteiger partial charge in [-0.25, -0.2) is 0 Å². The third-order valence-electron chi connectivity index (χ3n) is 5.23. The van der Waals surface area contributed by atoms with E-state index < -0.39 is 0 Å². The van der Waals surface area contributed by atoms with Crippen molar-refractivity contribution < 1.29 is 0 Å². The lowest BCUT2D eigenvalue weighted by Gasteiger charge is -2.21. The summed E-state index contributed by atoms with van der Waals surface area (Å²) < 4.78 is 0. The van der Waals surface area contributed by atoms with Crippen LogP contribution in [0.3, 0.4) is 0 Å². The summed E-state index contributed by atoms with van der Waals surface area (Å²) in [6.45, 7) is 6.66. The predicted molar refractivity (Wildman–Crippen MR) is 101 cm³/mol. The summed E-state index contributed by atoms with van der Waals surface area (Å²) in [6.07, 6.45) is 6.67. The highest BCUT2D eigenvalue weighted by atomic mass is 14.3. The second-order valence-corrected chi connectivity index (χ2v) is 6.97. The monoisotopic (exact) mass is 304 g/mol. The second kappa shape index (κ2) is 7.17. The van der Waals surface area contributed by atoms with E-state index in [4.69, 9.17) is 0 Å². The van der Waals surface area contributed by atoms with Crippen LogP contribution >= 0.6 is 0 Å². The molecule has 0 radical (unpaired) electrons. The Bertz CT molecular complexity index is 617. The first-order valence-corrected chi connectivity index (χ1v) is 9.06. The van der Waals surface area contributed by atoms with E-state index in [0.29, 0.717) is 0 Å². The normalized spacial score (nSPS) is 14.9. The fraction of sp³-hybridized carbons (Fsp3) is 0.391. The number of aryl methyl sites for hydroxylation is 2. The molecule has 0 amide bonds. The van der Waals surface area contributed by atoms with Gasteiger partial charge in [0.25, 0.3) is 0 Å². The maximum absolute atomic E-state index is 2.33. The topological polar surface area (TPSA) is 0 Å². The standard InChI is InChI=1S/C23H28/c1-4-22(19-7-5-6-8-19)23(20-13-9-17(2)10-14-20)21-15-11-18(3)12-16-21/h9-16,19H,4-8H2,1-3H3. The van der Waals surface area contributed by atoms with E-state index in [0.717, 1.165) is 12.3 Å².